The first-order valence-corrected chi connectivity index (χ1v) is 6.40. The zero-order valence-electron chi connectivity index (χ0n) is 11.1. The molecule has 0 heterocycles. The van der Waals surface area contributed by atoms with Crippen molar-refractivity contribution in [3.8, 4) is 5.75 Å². The number of nitrogens with zero attached hydrogens (tertiary/aromatic N) is 1. The molecule has 0 bridgehead atoms. The van der Waals surface area contributed by atoms with Crippen molar-refractivity contribution in [2.24, 2.45) is 5.73 Å². The first-order valence-electron chi connectivity index (χ1n) is 6.40. The average molecular weight is 260 g/mol. The number of phenols is 1. The van der Waals surface area contributed by atoms with Gasteiger partial charge in [-0.1, -0.05) is 30.3 Å². The summed E-state index contributed by atoms with van der Waals surface area (Å²) in [5.41, 5.74) is 6.69. The second-order valence-corrected chi connectivity index (χ2v) is 4.68. The van der Waals surface area contributed by atoms with Crippen LogP contribution in [0, 0.1) is 0 Å². The summed E-state index contributed by atoms with van der Waals surface area (Å²) in [6, 6.07) is 11.4. The number of aromatic hydroxyl groups is 1. The molecule has 0 saturated heterocycles. The SMILES string of the molecule is CN(CCO)C(CN)c1c(O)ccc2ccccc12. The molecule has 1 atom stereocenters. The lowest BCUT2D eigenvalue weighted by Crippen LogP contribution is -2.32. The van der Waals surface area contributed by atoms with Crippen LogP contribution in [0.3, 0.4) is 0 Å². The second kappa shape index (κ2) is 6.02. The van der Waals surface area contributed by atoms with Gasteiger partial charge in [0.15, 0.2) is 0 Å². The quantitative estimate of drug-likeness (QED) is 0.761. The van der Waals surface area contributed by atoms with Gasteiger partial charge in [-0.15, -0.1) is 0 Å². The van der Waals surface area contributed by atoms with Crippen molar-refractivity contribution in [2.75, 3.05) is 26.7 Å². The Hall–Kier alpha value is -1.62. The van der Waals surface area contributed by atoms with Crippen LogP contribution in [0.25, 0.3) is 10.8 Å². The van der Waals surface area contributed by atoms with Crippen molar-refractivity contribution in [1.82, 2.24) is 4.90 Å². The van der Waals surface area contributed by atoms with E-state index in [1.807, 2.05) is 42.3 Å². The van der Waals surface area contributed by atoms with E-state index >= 15 is 0 Å². The maximum absolute atomic E-state index is 10.2. The molecule has 0 aliphatic carbocycles. The predicted molar refractivity (Wildman–Crippen MR) is 77.1 cm³/mol. The number of aliphatic hydroxyl groups excluding tert-OH is 1. The van der Waals surface area contributed by atoms with E-state index in [0.29, 0.717) is 13.1 Å². The first kappa shape index (κ1) is 13.8. The fourth-order valence-corrected chi connectivity index (χ4v) is 2.47. The van der Waals surface area contributed by atoms with E-state index in [9.17, 15) is 5.11 Å². The maximum Gasteiger partial charge on any atom is 0.121 e. The molecule has 4 nitrogen and oxygen atoms in total. The fourth-order valence-electron chi connectivity index (χ4n) is 2.47. The van der Waals surface area contributed by atoms with E-state index < -0.39 is 0 Å². The van der Waals surface area contributed by atoms with Crippen LogP contribution in [0.15, 0.2) is 36.4 Å². The molecular weight excluding hydrogens is 240 g/mol. The fraction of sp³-hybridized carbons (Fsp3) is 0.333. The van der Waals surface area contributed by atoms with Crippen LogP contribution in [-0.4, -0.2) is 41.9 Å². The zero-order chi connectivity index (χ0) is 13.8. The molecule has 19 heavy (non-hydrogen) atoms. The Balaban J connectivity index is 2.55. The molecule has 0 radical (unpaired) electrons. The molecule has 102 valence electrons. The number of aliphatic hydroxyl groups is 1. The molecule has 0 fully saturated rings. The number of hydrogen-bond acceptors (Lipinski definition) is 4. The third-order valence-corrected chi connectivity index (χ3v) is 3.49. The van der Waals surface area contributed by atoms with Crippen molar-refractivity contribution in [3.63, 3.8) is 0 Å². The highest BCUT2D eigenvalue weighted by Crippen LogP contribution is 2.34. The third-order valence-electron chi connectivity index (χ3n) is 3.49. The minimum absolute atomic E-state index is 0.0680. The van der Waals surface area contributed by atoms with Gasteiger partial charge in [-0.25, -0.2) is 0 Å². The van der Waals surface area contributed by atoms with Crippen LogP contribution in [0.4, 0.5) is 0 Å². The summed E-state index contributed by atoms with van der Waals surface area (Å²) in [5, 5.41) is 21.3. The van der Waals surface area contributed by atoms with Crippen LogP contribution in [-0.2, 0) is 0 Å². The Morgan fingerprint density at radius 1 is 1.21 bits per heavy atom. The summed E-state index contributed by atoms with van der Waals surface area (Å²) in [4.78, 5) is 1.96. The highest BCUT2D eigenvalue weighted by atomic mass is 16.3. The number of rotatable bonds is 5. The summed E-state index contributed by atoms with van der Waals surface area (Å²) in [6.07, 6.45) is 0. The molecule has 2 aromatic rings. The van der Waals surface area contributed by atoms with Gasteiger partial charge in [-0.3, -0.25) is 4.90 Å². The number of phenolic OH excluding ortho intramolecular Hbond substituents is 1. The number of likely N-dealkylation sites (N-methyl/N-ethyl adjacent to an activating group) is 1. The summed E-state index contributed by atoms with van der Waals surface area (Å²) < 4.78 is 0. The number of fused-ring (bicyclic) bond motifs is 1. The maximum atomic E-state index is 10.2. The minimum atomic E-state index is -0.113. The number of hydrogen-bond donors (Lipinski definition) is 3. The van der Waals surface area contributed by atoms with E-state index in [4.69, 9.17) is 10.8 Å². The largest absolute Gasteiger partial charge is 0.508 e. The molecule has 4 N–H and O–H groups in total. The van der Waals surface area contributed by atoms with Crippen LogP contribution in [0.1, 0.15) is 11.6 Å². The number of benzene rings is 2. The molecule has 0 aliphatic heterocycles. The van der Waals surface area contributed by atoms with Crippen molar-refractivity contribution in [1.29, 1.82) is 0 Å². The smallest absolute Gasteiger partial charge is 0.121 e. The standard InChI is InChI=1S/C15H20N2O2/c1-17(8-9-18)13(10-16)15-12-5-3-2-4-11(12)6-7-14(15)19/h2-7,13,18-19H,8-10,16H2,1H3. The monoisotopic (exact) mass is 260 g/mol. The lowest BCUT2D eigenvalue weighted by atomic mass is 9.96. The summed E-state index contributed by atoms with van der Waals surface area (Å²) in [5.74, 6) is 0.249. The van der Waals surface area contributed by atoms with Gasteiger partial charge in [0.25, 0.3) is 0 Å². The highest BCUT2D eigenvalue weighted by molar-refractivity contribution is 5.88. The van der Waals surface area contributed by atoms with Gasteiger partial charge in [-0.05, 0) is 23.9 Å². The molecule has 0 spiro atoms. The van der Waals surface area contributed by atoms with Crippen LogP contribution >= 0.6 is 0 Å². The van der Waals surface area contributed by atoms with E-state index in [0.717, 1.165) is 16.3 Å². The van der Waals surface area contributed by atoms with Crippen molar-refractivity contribution < 1.29 is 10.2 Å². The molecule has 1 unspecified atom stereocenters. The molecule has 0 aromatic heterocycles. The topological polar surface area (TPSA) is 69.7 Å². The van der Waals surface area contributed by atoms with Gasteiger partial charge in [0.05, 0.1) is 12.6 Å². The Morgan fingerprint density at radius 3 is 2.63 bits per heavy atom. The van der Waals surface area contributed by atoms with Crippen molar-refractivity contribution in [3.05, 3.63) is 42.0 Å². The highest BCUT2D eigenvalue weighted by Gasteiger charge is 2.20. The Labute approximate surface area is 113 Å². The van der Waals surface area contributed by atoms with Crippen LogP contribution in [0.5, 0.6) is 5.75 Å². The molecule has 0 saturated carbocycles. The molecule has 0 aliphatic rings. The van der Waals surface area contributed by atoms with Crippen molar-refractivity contribution >= 4 is 10.8 Å². The minimum Gasteiger partial charge on any atom is -0.508 e. The van der Waals surface area contributed by atoms with Gasteiger partial charge in [0.1, 0.15) is 5.75 Å². The summed E-state index contributed by atoms with van der Waals surface area (Å²) in [6.45, 7) is 0.973. The van der Waals surface area contributed by atoms with E-state index in [-0.39, 0.29) is 18.4 Å². The summed E-state index contributed by atoms with van der Waals surface area (Å²) >= 11 is 0. The first-order chi connectivity index (χ1) is 9.19. The molecule has 0 amide bonds. The van der Waals surface area contributed by atoms with E-state index in [1.54, 1.807) is 6.07 Å². The molecular formula is C15H20N2O2. The normalized spacial score (nSPS) is 13.1. The van der Waals surface area contributed by atoms with Gasteiger partial charge in [-0.2, -0.15) is 0 Å². The zero-order valence-corrected chi connectivity index (χ0v) is 11.1. The lowest BCUT2D eigenvalue weighted by molar-refractivity contribution is 0.182. The molecule has 2 rings (SSSR count). The second-order valence-electron chi connectivity index (χ2n) is 4.68. The van der Waals surface area contributed by atoms with Gasteiger partial charge in [0, 0.05) is 18.7 Å². The van der Waals surface area contributed by atoms with Gasteiger partial charge < -0.3 is 15.9 Å². The van der Waals surface area contributed by atoms with E-state index in [2.05, 4.69) is 0 Å². The van der Waals surface area contributed by atoms with Crippen LogP contribution < -0.4 is 5.73 Å². The van der Waals surface area contributed by atoms with Crippen molar-refractivity contribution in [2.45, 2.75) is 6.04 Å². The average Bonchev–Trinajstić information content (AvgIpc) is 2.42. The van der Waals surface area contributed by atoms with E-state index in [1.165, 1.54) is 0 Å². The Bertz CT molecular complexity index is 557. The molecule has 2 aromatic carbocycles. The molecule has 4 heteroatoms. The Kier molecular flexibility index (Phi) is 4.37. The third kappa shape index (κ3) is 2.71. The summed E-state index contributed by atoms with van der Waals surface area (Å²) in [7, 11) is 1.90. The number of nitrogens with two attached hydrogens (primary N) is 1. The predicted octanol–water partition coefficient (Wildman–Crippen LogP) is 1.47. The van der Waals surface area contributed by atoms with Crippen LogP contribution in [0.2, 0.25) is 0 Å². The lowest BCUT2D eigenvalue weighted by Gasteiger charge is -2.28. The van der Waals surface area contributed by atoms with Gasteiger partial charge >= 0.3 is 0 Å². The Morgan fingerprint density at radius 2 is 1.95 bits per heavy atom. The van der Waals surface area contributed by atoms with Gasteiger partial charge in [0.2, 0.25) is 0 Å².